The van der Waals surface area contributed by atoms with Crippen LogP contribution in [0.2, 0.25) is 0 Å². The largest absolute Gasteiger partial charge is 0.329 e. The zero-order valence-electron chi connectivity index (χ0n) is 17.4. The average Bonchev–Trinajstić information content (AvgIpc) is 3.30. The highest BCUT2D eigenvalue weighted by Crippen LogP contribution is 2.23. The van der Waals surface area contributed by atoms with Crippen LogP contribution in [0.15, 0.2) is 67.1 Å². The van der Waals surface area contributed by atoms with E-state index in [1.54, 1.807) is 23.2 Å². The SMILES string of the molecule is CN(C(=O)n1cnc(-c2cccc([N+](=O)[O-])c2)c1)C1CCN(Cc2ccccc2)CC1. The quantitative estimate of drug-likeness (QED) is 0.461. The Morgan fingerprint density at radius 2 is 1.90 bits per heavy atom. The number of amides is 1. The molecule has 0 saturated carbocycles. The number of likely N-dealkylation sites (tertiary alicyclic amines) is 1. The number of benzene rings is 2. The van der Waals surface area contributed by atoms with E-state index in [-0.39, 0.29) is 17.8 Å². The van der Waals surface area contributed by atoms with Crippen LogP contribution in [-0.4, -0.2) is 56.5 Å². The lowest BCUT2D eigenvalue weighted by Gasteiger charge is -2.36. The number of hydrogen-bond acceptors (Lipinski definition) is 5. The Morgan fingerprint density at radius 3 is 2.61 bits per heavy atom. The summed E-state index contributed by atoms with van der Waals surface area (Å²) in [6.07, 6.45) is 4.93. The van der Waals surface area contributed by atoms with E-state index in [9.17, 15) is 14.9 Å². The van der Waals surface area contributed by atoms with Gasteiger partial charge in [0.25, 0.3) is 5.69 Å². The molecule has 3 aromatic rings. The molecule has 2 heterocycles. The summed E-state index contributed by atoms with van der Waals surface area (Å²) in [7, 11) is 1.83. The molecule has 0 bridgehead atoms. The van der Waals surface area contributed by atoms with Gasteiger partial charge >= 0.3 is 6.03 Å². The highest BCUT2D eigenvalue weighted by molar-refractivity contribution is 5.78. The number of nitro benzene ring substituents is 1. The van der Waals surface area contributed by atoms with Crippen LogP contribution in [0.1, 0.15) is 18.4 Å². The van der Waals surface area contributed by atoms with Crippen molar-refractivity contribution < 1.29 is 9.72 Å². The molecule has 1 amide bonds. The van der Waals surface area contributed by atoms with Crippen molar-refractivity contribution in [1.82, 2.24) is 19.4 Å². The molecular weight excluding hydrogens is 394 g/mol. The van der Waals surface area contributed by atoms with Crippen molar-refractivity contribution in [2.24, 2.45) is 0 Å². The summed E-state index contributed by atoms with van der Waals surface area (Å²) < 4.78 is 1.45. The van der Waals surface area contributed by atoms with E-state index in [0.29, 0.717) is 11.3 Å². The summed E-state index contributed by atoms with van der Waals surface area (Å²) in [4.78, 5) is 32.0. The molecule has 31 heavy (non-hydrogen) atoms. The number of aromatic nitrogens is 2. The van der Waals surface area contributed by atoms with Crippen molar-refractivity contribution in [3.8, 4) is 11.3 Å². The van der Waals surface area contributed by atoms with Crippen molar-refractivity contribution >= 4 is 11.7 Å². The van der Waals surface area contributed by atoms with E-state index in [0.717, 1.165) is 32.5 Å². The van der Waals surface area contributed by atoms with Gasteiger partial charge in [-0.3, -0.25) is 19.6 Å². The Kier molecular flexibility index (Phi) is 6.08. The van der Waals surface area contributed by atoms with Gasteiger partial charge in [0.2, 0.25) is 0 Å². The lowest BCUT2D eigenvalue weighted by Crippen LogP contribution is -2.46. The van der Waals surface area contributed by atoms with Crippen molar-refractivity contribution in [2.75, 3.05) is 20.1 Å². The first kappa shape index (κ1) is 20.7. The summed E-state index contributed by atoms with van der Waals surface area (Å²) in [5.74, 6) is 0. The summed E-state index contributed by atoms with van der Waals surface area (Å²) in [5.41, 5.74) is 2.44. The van der Waals surface area contributed by atoms with Gasteiger partial charge in [-0.25, -0.2) is 9.78 Å². The molecule has 2 aromatic carbocycles. The molecule has 1 aliphatic heterocycles. The highest BCUT2D eigenvalue weighted by atomic mass is 16.6. The summed E-state index contributed by atoms with van der Waals surface area (Å²) in [6.45, 7) is 2.82. The Bertz CT molecular complexity index is 1060. The number of nitro groups is 1. The molecule has 0 atom stereocenters. The minimum atomic E-state index is -0.441. The van der Waals surface area contributed by atoms with E-state index < -0.39 is 4.92 Å². The summed E-state index contributed by atoms with van der Waals surface area (Å²) in [6, 6.07) is 16.7. The van der Waals surface area contributed by atoms with Gasteiger partial charge in [-0.05, 0) is 18.4 Å². The highest BCUT2D eigenvalue weighted by Gasteiger charge is 2.26. The molecular formula is C23H25N5O3. The van der Waals surface area contributed by atoms with Crippen LogP contribution >= 0.6 is 0 Å². The van der Waals surface area contributed by atoms with Gasteiger partial charge in [-0.1, -0.05) is 42.5 Å². The minimum absolute atomic E-state index is 0.00208. The molecule has 4 rings (SSSR count). The van der Waals surface area contributed by atoms with Crippen molar-refractivity contribution in [3.05, 3.63) is 82.8 Å². The first-order chi connectivity index (χ1) is 15.0. The Labute approximate surface area is 180 Å². The fraction of sp³-hybridized carbons (Fsp3) is 0.304. The van der Waals surface area contributed by atoms with Crippen molar-refractivity contribution in [3.63, 3.8) is 0 Å². The minimum Gasteiger partial charge on any atom is -0.324 e. The second-order valence-corrected chi connectivity index (χ2v) is 7.86. The zero-order chi connectivity index (χ0) is 21.8. The third-order valence-corrected chi connectivity index (χ3v) is 5.81. The second-order valence-electron chi connectivity index (χ2n) is 7.86. The number of piperidine rings is 1. The first-order valence-electron chi connectivity index (χ1n) is 10.3. The number of carbonyl (C=O) groups excluding carboxylic acids is 1. The number of nitrogens with zero attached hydrogens (tertiary/aromatic N) is 5. The van der Waals surface area contributed by atoms with E-state index >= 15 is 0 Å². The molecule has 1 saturated heterocycles. The van der Waals surface area contributed by atoms with E-state index in [2.05, 4.69) is 34.1 Å². The number of hydrogen-bond donors (Lipinski definition) is 0. The lowest BCUT2D eigenvalue weighted by atomic mass is 10.0. The molecule has 8 heteroatoms. The van der Waals surface area contributed by atoms with Crippen LogP contribution < -0.4 is 0 Å². The second kappa shape index (κ2) is 9.09. The van der Waals surface area contributed by atoms with Crippen LogP contribution in [0.4, 0.5) is 10.5 Å². The molecule has 1 aliphatic rings. The molecule has 0 N–H and O–H groups in total. The predicted octanol–water partition coefficient (Wildman–Crippen LogP) is 4.02. The lowest BCUT2D eigenvalue weighted by molar-refractivity contribution is -0.384. The van der Waals surface area contributed by atoms with Crippen LogP contribution in [0.3, 0.4) is 0 Å². The Morgan fingerprint density at radius 1 is 1.16 bits per heavy atom. The Hall–Kier alpha value is -3.52. The van der Waals surface area contributed by atoms with E-state index in [1.807, 2.05) is 13.1 Å². The van der Waals surface area contributed by atoms with Crippen LogP contribution in [0, 0.1) is 10.1 Å². The molecule has 160 valence electrons. The first-order valence-corrected chi connectivity index (χ1v) is 10.3. The standard InChI is InChI=1S/C23H25N5O3/c1-25(20-10-12-26(13-11-20)15-18-6-3-2-4-7-18)23(29)27-16-22(24-17-27)19-8-5-9-21(14-19)28(30)31/h2-9,14,16-17,20H,10-13,15H2,1H3. The molecule has 0 unspecified atom stereocenters. The topological polar surface area (TPSA) is 84.5 Å². The molecule has 8 nitrogen and oxygen atoms in total. The van der Waals surface area contributed by atoms with E-state index in [1.165, 1.54) is 28.6 Å². The average molecular weight is 419 g/mol. The van der Waals surface area contributed by atoms with Gasteiger partial charge in [0.15, 0.2) is 0 Å². The van der Waals surface area contributed by atoms with Crippen LogP contribution in [0.25, 0.3) is 11.3 Å². The molecule has 1 aromatic heterocycles. The number of carbonyl (C=O) groups is 1. The maximum absolute atomic E-state index is 13.0. The fourth-order valence-electron chi connectivity index (χ4n) is 4.00. The third-order valence-electron chi connectivity index (χ3n) is 5.81. The normalized spacial score (nSPS) is 15.0. The summed E-state index contributed by atoms with van der Waals surface area (Å²) >= 11 is 0. The monoisotopic (exact) mass is 419 g/mol. The molecule has 1 fully saturated rings. The van der Waals surface area contributed by atoms with Gasteiger partial charge in [0.1, 0.15) is 6.33 Å². The van der Waals surface area contributed by atoms with Gasteiger partial charge in [-0.15, -0.1) is 0 Å². The smallest absolute Gasteiger partial charge is 0.324 e. The fourth-order valence-corrected chi connectivity index (χ4v) is 4.00. The number of rotatable bonds is 5. The zero-order valence-corrected chi connectivity index (χ0v) is 17.4. The summed E-state index contributed by atoms with van der Waals surface area (Å²) in [5, 5.41) is 11.0. The van der Waals surface area contributed by atoms with Gasteiger partial charge in [0.05, 0.1) is 10.6 Å². The molecule has 0 radical (unpaired) electrons. The number of non-ortho nitro benzene ring substituents is 1. The van der Waals surface area contributed by atoms with Crippen LogP contribution in [0.5, 0.6) is 0 Å². The van der Waals surface area contributed by atoms with Crippen molar-refractivity contribution in [1.29, 1.82) is 0 Å². The van der Waals surface area contributed by atoms with E-state index in [4.69, 9.17) is 0 Å². The number of imidazole rings is 1. The van der Waals surface area contributed by atoms with Gasteiger partial charge in [0, 0.05) is 56.6 Å². The maximum Gasteiger partial charge on any atom is 0.329 e. The molecule has 0 spiro atoms. The third kappa shape index (κ3) is 4.80. The molecule has 0 aliphatic carbocycles. The van der Waals surface area contributed by atoms with Crippen molar-refractivity contribution in [2.45, 2.75) is 25.4 Å². The maximum atomic E-state index is 13.0. The predicted molar refractivity (Wildman–Crippen MR) is 118 cm³/mol. The van der Waals surface area contributed by atoms with Gasteiger partial charge in [-0.2, -0.15) is 0 Å². The Balaban J connectivity index is 1.37. The van der Waals surface area contributed by atoms with Crippen LogP contribution in [-0.2, 0) is 6.54 Å². The van der Waals surface area contributed by atoms with Gasteiger partial charge < -0.3 is 4.90 Å².